The van der Waals surface area contributed by atoms with Gasteiger partial charge in [-0.2, -0.15) is 5.10 Å². The fraction of sp³-hybridized carbons (Fsp3) is 0.400. The van der Waals surface area contributed by atoms with Crippen LogP contribution in [0.5, 0.6) is 0 Å². The smallest absolute Gasteiger partial charge is 0.0645 e. The largest absolute Gasteiger partial charge is 0.314 e. The van der Waals surface area contributed by atoms with E-state index in [0.717, 1.165) is 31.9 Å². The summed E-state index contributed by atoms with van der Waals surface area (Å²) in [6.45, 7) is 6.52. The highest BCUT2D eigenvalue weighted by Crippen LogP contribution is 2.12. The van der Waals surface area contributed by atoms with Gasteiger partial charge in [0.25, 0.3) is 0 Å². The number of hydrogen-bond donors (Lipinski definition) is 1. The van der Waals surface area contributed by atoms with E-state index < -0.39 is 0 Å². The van der Waals surface area contributed by atoms with Gasteiger partial charge in [0.1, 0.15) is 0 Å². The van der Waals surface area contributed by atoms with E-state index in [1.165, 1.54) is 5.56 Å². The summed E-state index contributed by atoms with van der Waals surface area (Å²) in [6.07, 6.45) is 4.10. The molecule has 1 aliphatic heterocycles. The Morgan fingerprint density at radius 1 is 1.30 bits per heavy atom. The lowest BCUT2D eigenvalue weighted by atomic mass is 10.2. The summed E-state index contributed by atoms with van der Waals surface area (Å²) >= 11 is 0. The molecule has 4 nitrogen and oxygen atoms in total. The Kier molecular flexibility index (Phi) is 5.17. The topological polar surface area (TPSA) is 33.1 Å². The number of piperazine rings is 1. The highest BCUT2D eigenvalue weighted by molar-refractivity contribution is 5.85. The van der Waals surface area contributed by atoms with Crippen molar-refractivity contribution < 1.29 is 0 Å². The third-order valence-electron chi connectivity index (χ3n) is 3.68. The van der Waals surface area contributed by atoms with Crippen LogP contribution in [-0.4, -0.2) is 40.4 Å². The van der Waals surface area contributed by atoms with Crippen molar-refractivity contribution in [3.05, 3.63) is 48.3 Å². The Labute approximate surface area is 126 Å². The lowest BCUT2D eigenvalue weighted by Crippen LogP contribution is -2.49. The van der Waals surface area contributed by atoms with Crippen molar-refractivity contribution in [1.82, 2.24) is 20.0 Å². The lowest BCUT2D eigenvalue weighted by molar-refractivity contribution is 0.165. The van der Waals surface area contributed by atoms with Crippen molar-refractivity contribution >= 4 is 12.4 Å². The predicted octanol–water partition coefficient (Wildman–Crippen LogP) is 2.09. The zero-order valence-corrected chi connectivity index (χ0v) is 12.5. The first-order chi connectivity index (χ1) is 9.33. The number of halogens is 1. The van der Waals surface area contributed by atoms with E-state index in [0.29, 0.717) is 6.04 Å². The van der Waals surface area contributed by atoms with Crippen LogP contribution in [0, 0.1) is 0 Å². The normalized spacial score (nSPS) is 19.6. The summed E-state index contributed by atoms with van der Waals surface area (Å²) in [5.74, 6) is 0. The van der Waals surface area contributed by atoms with Crippen molar-refractivity contribution in [3.63, 3.8) is 0 Å². The summed E-state index contributed by atoms with van der Waals surface area (Å²) < 4.78 is 1.95. The molecule has 1 aromatic carbocycles. The molecule has 0 spiro atoms. The molecule has 1 atom stereocenters. The van der Waals surface area contributed by atoms with Crippen LogP contribution in [0.15, 0.2) is 42.7 Å². The number of para-hydroxylation sites is 1. The molecule has 0 radical (unpaired) electrons. The molecule has 0 saturated carbocycles. The maximum atomic E-state index is 4.45. The molecule has 1 aromatic heterocycles. The zero-order chi connectivity index (χ0) is 13.1. The summed E-state index contributed by atoms with van der Waals surface area (Å²) in [5.41, 5.74) is 2.39. The fourth-order valence-corrected chi connectivity index (χ4v) is 2.52. The first-order valence-electron chi connectivity index (χ1n) is 6.86. The van der Waals surface area contributed by atoms with E-state index in [1.807, 2.05) is 29.1 Å². The summed E-state index contributed by atoms with van der Waals surface area (Å²) in [5, 5.41) is 7.87. The maximum Gasteiger partial charge on any atom is 0.0645 e. The number of aromatic nitrogens is 2. The Bertz CT molecular complexity index is 526. The second-order valence-corrected chi connectivity index (χ2v) is 5.15. The first-order valence-corrected chi connectivity index (χ1v) is 6.86. The minimum Gasteiger partial charge on any atom is -0.314 e. The molecule has 0 amide bonds. The maximum absolute atomic E-state index is 4.45. The molecule has 2 heterocycles. The highest BCUT2D eigenvalue weighted by Gasteiger charge is 2.18. The van der Waals surface area contributed by atoms with Gasteiger partial charge >= 0.3 is 0 Å². The lowest BCUT2D eigenvalue weighted by Gasteiger charge is -2.33. The number of nitrogens with one attached hydrogen (secondary N) is 1. The van der Waals surface area contributed by atoms with Gasteiger partial charge in [0.2, 0.25) is 0 Å². The SMILES string of the molecule is CC1CNCCN1Cc1cnn(-c2ccccc2)c1.Cl. The van der Waals surface area contributed by atoms with Crippen LogP contribution in [0.3, 0.4) is 0 Å². The molecular weight excluding hydrogens is 272 g/mol. The Morgan fingerprint density at radius 3 is 2.85 bits per heavy atom. The Hall–Kier alpha value is -1.36. The summed E-state index contributed by atoms with van der Waals surface area (Å²) in [4.78, 5) is 2.50. The van der Waals surface area contributed by atoms with Crippen LogP contribution in [-0.2, 0) is 6.54 Å². The van der Waals surface area contributed by atoms with Crippen molar-refractivity contribution in [2.75, 3.05) is 19.6 Å². The number of benzene rings is 1. The molecule has 0 bridgehead atoms. The minimum absolute atomic E-state index is 0. The summed E-state index contributed by atoms with van der Waals surface area (Å²) in [6, 6.07) is 10.8. The molecule has 1 saturated heterocycles. The second kappa shape index (κ2) is 6.88. The van der Waals surface area contributed by atoms with Crippen LogP contribution in [0.1, 0.15) is 12.5 Å². The van der Waals surface area contributed by atoms with E-state index in [2.05, 4.69) is 40.6 Å². The molecule has 2 aromatic rings. The molecule has 0 aliphatic carbocycles. The van der Waals surface area contributed by atoms with Crippen LogP contribution >= 0.6 is 12.4 Å². The van der Waals surface area contributed by atoms with Crippen LogP contribution in [0.25, 0.3) is 5.69 Å². The van der Waals surface area contributed by atoms with Gasteiger partial charge in [0.15, 0.2) is 0 Å². The van der Waals surface area contributed by atoms with Crippen molar-refractivity contribution in [2.24, 2.45) is 0 Å². The van der Waals surface area contributed by atoms with Crippen LogP contribution < -0.4 is 5.32 Å². The highest BCUT2D eigenvalue weighted by atomic mass is 35.5. The van der Waals surface area contributed by atoms with E-state index in [1.54, 1.807) is 0 Å². The first kappa shape index (κ1) is 15.0. The Morgan fingerprint density at radius 2 is 2.10 bits per heavy atom. The predicted molar refractivity (Wildman–Crippen MR) is 83.6 cm³/mol. The molecule has 3 rings (SSSR count). The standard InChI is InChI=1S/C15H20N4.ClH/c1-13-9-16-7-8-18(13)11-14-10-17-19(12-14)15-5-3-2-4-6-15;/h2-6,10,12-13,16H,7-9,11H2,1H3;1H. The quantitative estimate of drug-likeness (QED) is 0.940. The van der Waals surface area contributed by atoms with Gasteiger partial charge in [-0.05, 0) is 19.1 Å². The Balaban J connectivity index is 0.00000147. The van der Waals surface area contributed by atoms with Crippen molar-refractivity contribution in [1.29, 1.82) is 0 Å². The molecule has 5 heteroatoms. The van der Waals surface area contributed by atoms with Gasteiger partial charge < -0.3 is 5.32 Å². The molecule has 108 valence electrons. The minimum atomic E-state index is 0. The van der Waals surface area contributed by atoms with E-state index >= 15 is 0 Å². The van der Waals surface area contributed by atoms with Gasteiger partial charge in [-0.15, -0.1) is 12.4 Å². The van der Waals surface area contributed by atoms with E-state index in [4.69, 9.17) is 0 Å². The fourth-order valence-electron chi connectivity index (χ4n) is 2.52. The second-order valence-electron chi connectivity index (χ2n) is 5.15. The van der Waals surface area contributed by atoms with Crippen LogP contribution in [0.4, 0.5) is 0 Å². The monoisotopic (exact) mass is 292 g/mol. The molecule has 1 aliphatic rings. The molecular formula is C15H21ClN4. The van der Waals surface area contributed by atoms with E-state index in [9.17, 15) is 0 Å². The zero-order valence-electron chi connectivity index (χ0n) is 11.7. The molecule has 1 fully saturated rings. The number of nitrogens with zero attached hydrogens (tertiary/aromatic N) is 3. The van der Waals surface area contributed by atoms with Crippen molar-refractivity contribution in [3.8, 4) is 5.69 Å². The van der Waals surface area contributed by atoms with Crippen molar-refractivity contribution in [2.45, 2.75) is 19.5 Å². The molecule has 1 N–H and O–H groups in total. The average molecular weight is 293 g/mol. The third kappa shape index (κ3) is 3.39. The molecule has 1 unspecified atom stereocenters. The average Bonchev–Trinajstić information content (AvgIpc) is 2.91. The number of rotatable bonds is 3. The number of hydrogen-bond acceptors (Lipinski definition) is 3. The van der Waals surface area contributed by atoms with Gasteiger partial charge in [0.05, 0.1) is 11.9 Å². The van der Waals surface area contributed by atoms with Gasteiger partial charge in [-0.3, -0.25) is 4.90 Å². The van der Waals surface area contributed by atoms with Crippen LogP contribution in [0.2, 0.25) is 0 Å². The summed E-state index contributed by atoms with van der Waals surface area (Å²) in [7, 11) is 0. The van der Waals surface area contributed by atoms with Gasteiger partial charge in [0, 0.05) is 44.0 Å². The van der Waals surface area contributed by atoms with E-state index in [-0.39, 0.29) is 12.4 Å². The third-order valence-corrected chi connectivity index (χ3v) is 3.68. The molecule has 20 heavy (non-hydrogen) atoms. The van der Waals surface area contributed by atoms with Gasteiger partial charge in [-0.25, -0.2) is 4.68 Å². The van der Waals surface area contributed by atoms with Gasteiger partial charge in [-0.1, -0.05) is 18.2 Å².